The third-order valence-electron chi connectivity index (χ3n) is 2.93. The van der Waals surface area contributed by atoms with Crippen molar-refractivity contribution in [3.05, 3.63) is 29.2 Å². The zero-order valence-electron chi connectivity index (χ0n) is 11.0. The van der Waals surface area contributed by atoms with Crippen LogP contribution in [0.3, 0.4) is 0 Å². The fourth-order valence-corrected chi connectivity index (χ4v) is 2.16. The molecule has 0 spiro atoms. The minimum Gasteiger partial charge on any atom is -0.384 e. The van der Waals surface area contributed by atoms with E-state index >= 15 is 0 Å². The van der Waals surface area contributed by atoms with E-state index in [-0.39, 0.29) is 0 Å². The van der Waals surface area contributed by atoms with Crippen molar-refractivity contribution in [3.63, 3.8) is 0 Å². The summed E-state index contributed by atoms with van der Waals surface area (Å²) < 4.78 is 1.73. The van der Waals surface area contributed by atoms with E-state index in [0.29, 0.717) is 0 Å². The van der Waals surface area contributed by atoms with E-state index in [9.17, 15) is 5.11 Å². The zero-order chi connectivity index (χ0) is 12.8. The maximum absolute atomic E-state index is 10.0. The average molecular weight is 233 g/mol. The van der Waals surface area contributed by atoms with Crippen LogP contribution in [-0.4, -0.2) is 19.9 Å². The third kappa shape index (κ3) is 2.13. The van der Waals surface area contributed by atoms with E-state index in [2.05, 4.69) is 16.1 Å². The van der Waals surface area contributed by atoms with Gasteiger partial charge in [-0.25, -0.2) is 0 Å². The molecule has 2 heterocycles. The van der Waals surface area contributed by atoms with Gasteiger partial charge in [0, 0.05) is 24.0 Å². The minimum atomic E-state index is -0.876. The Morgan fingerprint density at radius 3 is 2.35 bits per heavy atom. The van der Waals surface area contributed by atoms with E-state index in [0.717, 1.165) is 28.3 Å². The molecule has 0 saturated carbocycles. The monoisotopic (exact) mass is 233 g/mol. The number of aromatic amines is 1. The van der Waals surface area contributed by atoms with E-state index in [1.807, 2.05) is 27.0 Å². The van der Waals surface area contributed by atoms with Crippen LogP contribution >= 0.6 is 0 Å². The molecule has 0 aliphatic heterocycles. The predicted molar refractivity (Wildman–Crippen MR) is 67.7 cm³/mol. The summed E-state index contributed by atoms with van der Waals surface area (Å²) in [5, 5.41) is 14.5. The van der Waals surface area contributed by atoms with Gasteiger partial charge in [0.05, 0.1) is 11.4 Å². The Hall–Kier alpha value is -1.55. The Labute approximate surface area is 101 Å². The van der Waals surface area contributed by atoms with Gasteiger partial charge in [0.1, 0.15) is 5.60 Å². The lowest BCUT2D eigenvalue weighted by atomic mass is 10.0. The van der Waals surface area contributed by atoms with Crippen LogP contribution in [0.15, 0.2) is 12.1 Å². The Morgan fingerprint density at radius 2 is 1.94 bits per heavy atom. The Balaban J connectivity index is 2.52. The molecule has 2 N–H and O–H groups in total. The molecule has 0 aliphatic carbocycles. The molecule has 4 nitrogen and oxygen atoms in total. The first-order chi connectivity index (χ1) is 7.79. The molecule has 0 amide bonds. The second kappa shape index (κ2) is 3.74. The van der Waals surface area contributed by atoms with Crippen LogP contribution < -0.4 is 0 Å². The topological polar surface area (TPSA) is 53.8 Å². The molecule has 0 fully saturated rings. The van der Waals surface area contributed by atoms with E-state index in [1.54, 1.807) is 18.5 Å². The SMILES string of the molecule is Cc1cc(-c2cc(C(C)(C)O)n(C)n2)c(C)[nH]1. The number of nitrogens with one attached hydrogen (secondary N) is 1. The fraction of sp³-hybridized carbons (Fsp3) is 0.462. The minimum absolute atomic E-state index is 0.811. The lowest BCUT2D eigenvalue weighted by molar-refractivity contribution is 0.0696. The van der Waals surface area contributed by atoms with Crippen molar-refractivity contribution in [3.8, 4) is 11.3 Å². The molecule has 92 valence electrons. The highest BCUT2D eigenvalue weighted by Gasteiger charge is 2.22. The number of H-pyrrole nitrogens is 1. The predicted octanol–water partition coefficient (Wildman–Crippen LogP) is 2.26. The van der Waals surface area contributed by atoms with Gasteiger partial charge in [-0.3, -0.25) is 4.68 Å². The van der Waals surface area contributed by atoms with Crippen LogP contribution in [-0.2, 0) is 12.6 Å². The number of rotatable bonds is 2. The first-order valence-corrected chi connectivity index (χ1v) is 5.72. The lowest BCUT2D eigenvalue weighted by Crippen LogP contribution is -2.19. The van der Waals surface area contributed by atoms with E-state index in [1.165, 1.54) is 0 Å². The van der Waals surface area contributed by atoms with Gasteiger partial charge in [-0.15, -0.1) is 0 Å². The van der Waals surface area contributed by atoms with Gasteiger partial charge in [0.2, 0.25) is 0 Å². The van der Waals surface area contributed by atoms with Crippen molar-refractivity contribution in [1.82, 2.24) is 14.8 Å². The molecule has 2 aromatic rings. The summed E-state index contributed by atoms with van der Waals surface area (Å²) in [6.45, 7) is 7.59. The molecule has 0 bridgehead atoms. The van der Waals surface area contributed by atoms with Crippen molar-refractivity contribution in [2.45, 2.75) is 33.3 Å². The first kappa shape index (κ1) is 11.9. The number of aliphatic hydroxyl groups is 1. The number of aryl methyl sites for hydroxylation is 3. The second-order valence-corrected chi connectivity index (χ2v) is 5.09. The van der Waals surface area contributed by atoms with Gasteiger partial charge in [0.25, 0.3) is 0 Å². The molecule has 0 aromatic carbocycles. The first-order valence-electron chi connectivity index (χ1n) is 5.72. The van der Waals surface area contributed by atoms with Gasteiger partial charge in [0.15, 0.2) is 0 Å². The molecule has 0 unspecified atom stereocenters. The molecule has 17 heavy (non-hydrogen) atoms. The third-order valence-corrected chi connectivity index (χ3v) is 2.93. The summed E-state index contributed by atoms with van der Waals surface area (Å²) in [4.78, 5) is 3.26. The highest BCUT2D eigenvalue weighted by atomic mass is 16.3. The van der Waals surface area contributed by atoms with Gasteiger partial charge in [-0.1, -0.05) is 0 Å². The summed E-state index contributed by atoms with van der Waals surface area (Å²) in [6, 6.07) is 4.02. The van der Waals surface area contributed by atoms with Crippen molar-refractivity contribution >= 4 is 0 Å². The molecule has 0 radical (unpaired) electrons. The van der Waals surface area contributed by atoms with E-state index in [4.69, 9.17) is 0 Å². The smallest absolute Gasteiger partial charge is 0.101 e. The Morgan fingerprint density at radius 1 is 1.29 bits per heavy atom. The van der Waals surface area contributed by atoms with Crippen LogP contribution in [0.5, 0.6) is 0 Å². The summed E-state index contributed by atoms with van der Waals surface area (Å²) in [7, 11) is 1.85. The van der Waals surface area contributed by atoms with Crippen LogP contribution in [0.25, 0.3) is 11.3 Å². The molecule has 0 atom stereocenters. The standard InChI is InChI=1S/C13H19N3O/c1-8-6-10(9(2)14-8)11-7-12(13(3,4)17)16(5)15-11/h6-7,14,17H,1-5H3. The number of aromatic nitrogens is 3. The van der Waals surface area contributed by atoms with Crippen LogP contribution in [0.2, 0.25) is 0 Å². The quantitative estimate of drug-likeness (QED) is 0.836. The summed E-state index contributed by atoms with van der Waals surface area (Å²) >= 11 is 0. The maximum Gasteiger partial charge on any atom is 0.101 e. The van der Waals surface area contributed by atoms with Crippen LogP contribution in [0.1, 0.15) is 30.9 Å². The van der Waals surface area contributed by atoms with Crippen molar-refractivity contribution < 1.29 is 5.11 Å². The molecule has 2 rings (SSSR count). The fourth-order valence-electron chi connectivity index (χ4n) is 2.16. The molecular formula is C13H19N3O. The maximum atomic E-state index is 10.0. The normalized spacial score (nSPS) is 12.1. The van der Waals surface area contributed by atoms with Gasteiger partial charge < -0.3 is 10.1 Å². The van der Waals surface area contributed by atoms with Gasteiger partial charge in [-0.05, 0) is 39.8 Å². The molecule has 2 aromatic heterocycles. The second-order valence-electron chi connectivity index (χ2n) is 5.09. The zero-order valence-corrected chi connectivity index (χ0v) is 11.0. The van der Waals surface area contributed by atoms with Crippen molar-refractivity contribution in [2.24, 2.45) is 7.05 Å². The number of nitrogens with zero attached hydrogens (tertiary/aromatic N) is 2. The van der Waals surface area contributed by atoms with Crippen molar-refractivity contribution in [2.75, 3.05) is 0 Å². The van der Waals surface area contributed by atoms with Gasteiger partial charge in [-0.2, -0.15) is 5.10 Å². The molecular weight excluding hydrogens is 214 g/mol. The number of hydrogen-bond donors (Lipinski definition) is 2. The van der Waals surface area contributed by atoms with Crippen LogP contribution in [0, 0.1) is 13.8 Å². The Kier molecular flexibility index (Phi) is 2.62. The highest BCUT2D eigenvalue weighted by Crippen LogP contribution is 2.27. The van der Waals surface area contributed by atoms with Crippen LogP contribution in [0.4, 0.5) is 0 Å². The van der Waals surface area contributed by atoms with E-state index < -0.39 is 5.60 Å². The largest absolute Gasteiger partial charge is 0.384 e. The molecule has 4 heteroatoms. The average Bonchev–Trinajstić information content (AvgIpc) is 2.68. The highest BCUT2D eigenvalue weighted by molar-refractivity contribution is 5.63. The molecule has 0 saturated heterocycles. The molecule has 0 aliphatic rings. The summed E-state index contributed by atoms with van der Waals surface area (Å²) in [5.74, 6) is 0. The lowest BCUT2D eigenvalue weighted by Gasteiger charge is -2.16. The summed E-state index contributed by atoms with van der Waals surface area (Å²) in [5.41, 5.74) is 4.14. The summed E-state index contributed by atoms with van der Waals surface area (Å²) in [6.07, 6.45) is 0. The Bertz CT molecular complexity index is 544. The number of hydrogen-bond acceptors (Lipinski definition) is 2. The van der Waals surface area contributed by atoms with Gasteiger partial charge >= 0.3 is 0 Å². The van der Waals surface area contributed by atoms with Crippen molar-refractivity contribution in [1.29, 1.82) is 0 Å².